The molecular formula is C80H60N6. The highest BCUT2D eigenvalue weighted by Gasteiger charge is 2.28. The average molecular weight is 1110 g/mol. The predicted molar refractivity (Wildman–Crippen MR) is 363 cm³/mol. The van der Waals surface area contributed by atoms with Crippen LogP contribution in [0.4, 0.5) is 68.2 Å². The maximum Gasteiger partial charge on any atom is 0.0462 e. The van der Waals surface area contributed by atoms with Gasteiger partial charge in [0.1, 0.15) is 0 Å². The van der Waals surface area contributed by atoms with Crippen LogP contribution in [0.25, 0.3) is 44.5 Å². The van der Waals surface area contributed by atoms with Gasteiger partial charge in [-0.05, 0) is 190 Å². The molecule has 0 fully saturated rings. The van der Waals surface area contributed by atoms with Crippen molar-refractivity contribution in [1.29, 1.82) is 10.8 Å². The number of hydrogen-bond donors (Lipinski definition) is 2. The molecule has 0 saturated carbocycles. The van der Waals surface area contributed by atoms with E-state index in [9.17, 15) is 10.8 Å². The zero-order valence-corrected chi connectivity index (χ0v) is 47.3. The molecule has 410 valence electrons. The zero-order chi connectivity index (χ0) is 58.0. The molecule has 0 saturated heterocycles. The second-order valence-corrected chi connectivity index (χ2v) is 20.8. The average Bonchev–Trinajstić information content (AvgIpc) is 0.992. The zero-order valence-electron chi connectivity index (χ0n) is 47.3. The molecule has 86 heavy (non-hydrogen) atoms. The number of nitrogens with one attached hydrogen (secondary N) is 2. The smallest absolute Gasteiger partial charge is 0.0462 e. The Morgan fingerprint density at radius 3 is 0.419 bits per heavy atom. The minimum absolute atomic E-state index is 0.727. The highest BCUT2D eigenvalue weighted by atomic mass is 15.2. The summed E-state index contributed by atoms with van der Waals surface area (Å²) < 4.78 is 0. The minimum Gasteiger partial charge on any atom is -0.311 e. The van der Waals surface area contributed by atoms with E-state index in [2.05, 4.69) is 311 Å². The second kappa shape index (κ2) is 24.9. The van der Waals surface area contributed by atoms with Crippen molar-refractivity contribution in [3.05, 3.63) is 351 Å². The van der Waals surface area contributed by atoms with E-state index >= 15 is 0 Å². The number of para-hydroxylation sites is 8. The summed E-state index contributed by atoms with van der Waals surface area (Å²) >= 11 is 0. The van der Waals surface area contributed by atoms with Gasteiger partial charge in [0.05, 0.1) is 0 Å². The third kappa shape index (κ3) is 10.9. The van der Waals surface area contributed by atoms with E-state index < -0.39 is 0 Å². The van der Waals surface area contributed by atoms with E-state index in [0.717, 1.165) is 124 Å². The van der Waals surface area contributed by atoms with Crippen LogP contribution >= 0.6 is 0 Å². The Balaban J connectivity index is 1.06. The van der Waals surface area contributed by atoms with Crippen molar-refractivity contribution in [2.75, 3.05) is 19.6 Å². The van der Waals surface area contributed by atoms with Crippen molar-refractivity contribution in [2.24, 2.45) is 0 Å². The summed E-state index contributed by atoms with van der Waals surface area (Å²) in [7, 11) is 0. The molecule has 0 amide bonds. The monoisotopic (exact) mass is 1100 g/mol. The summed E-state index contributed by atoms with van der Waals surface area (Å²) in [6.45, 7) is 0. The van der Waals surface area contributed by atoms with E-state index in [0.29, 0.717) is 0 Å². The first-order chi connectivity index (χ1) is 42.6. The molecule has 6 heteroatoms. The minimum atomic E-state index is 0.727. The van der Waals surface area contributed by atoms with Gasteiger partial charge in [-0.3, -0.25) is 0 Å². The van der Waals surface area contributed by atoms with Crippen molar-refractivity contribution in [2.45, 2.75) is 0 Å². The summed E-state index contributed by atoms with van der Waals surface area (Å²) in [5.41, 5.74) is 20.7. The summed E-state index contributed by atoms with van der Waals surface area (Å²) in [5, 5.41) is 19.6. The summed E-state index contributed by atoms with van der Waals surface area (Å²) in [4.78, 5) is 9.05. The first-order valence-corrected chi connectivity index (χ1v) is 28.9. The third-order valence-corrected chi connectivity index (χ3v) is 15.6. The van der Waals surface area contributed by atoms with E-state index in [1.807, 2.05) is 48.5 Å². The van der Waals surface area contributed by atoms with E-state index in [4.69, 9.17) is 0 Å². The lowest BCUT2D eigenvalue weighted by atomic mass is 9.77. The Labute approximate surface area is 503 Å². The van der Waals surface area contributed by atoms with Gasteiger partial charge in [-0.15, -0.1) is 0 Å². The van der Waals surface area contributed by atoms with Gasteiger partial charge in [0.15, 0.2) is 0 Å². The molecule has 13 aromatic carbocycles. The molecule has 0 heterocycles. The largest absolute Gasteiger partial charge is 0.311 e. The van der Waals surface area contributed by atoms with Crippen molar-refractivity contribution in [3.63, 3.8) is 0 Å². The fraction of sp³-hybridized carbons (Fsp3) is 0. The van der Waals surface area contributed by atoms with Crippen LogP contribution in [0.2, 0.25) is 0 Å². The number of anilines is 12. The van der Waals surface area contributed by atoms with E-state index in [1.54, 1.807) is 0 Å². The molecule has 0 atom stereocenters. The Morgan fingerprint density at radius 1 is 0.163 bits per heavy atom. The van der Waals surface area contributed by atoms with Crippen molar-refractivity contribution in [3.8, 4) is 44.5 Å². The normalized spacial score (nSPS) is 10.9. The predicted octanol–water partition coefficient (Wildman–Crippen LogP) is 22.2. The number of hydrogen-bond acceptors (Lipinski definition) is 6. The first kappa shape index (κ1) is 53.7. The Kier molecular flexibility index (Phi) is 15.5. The van der Waals surface area contributed by atoms with Gasteiger partial charge < -0.3 is 30.4 Å². The fourth-order valence-electron chi connectivity index (χ4n) is 11.8. The van der Waals surface area contributed by atoms with Crippen LogP contribution in [0.3, 0.4) is 0 Å². The van der Waals surface area contributed by atoms with Gasteiger partial charge in [-0.2, -0.15) is 0 Å². The molecule has 0 aromatic heterocycles. The molecule has 0 radical (unpaired) electrons. The molecule has 0 unspecified atom stereocenters. The van der Waals surface area contributed by atoms with Crippen molar-refractivity contribution in [1.82, 2.24) is 0 Å². The van der Waals surface area contributed by atoms with Crippen LogP contribution in [0.15, 0.2) is 340 Å². The van der Waals surface area contributed by atoms with Gasteiger partial charge in [0, 0.05) is 91.8 Å². The van der Waals surface area contributed by atoms with Crippen LogP contribution in [0.5, 0.6) is 0 Å². The quantitative estimate of drug-likeness (QED) is 0.0841. The molecule has 2 N–H and O–H groups in total. The second-order valence-electron chi connectivity index (χ2n) is 20.8. The SMILES string of the molecule is N=Cc1c(-c2ccc(N(c3ccccc3)c3ccccc3)cc2)c(-c2ccc(N(c3ccccc3)c3ccccc3)cc2)c(C=N)c(-c2ccc(N(c3ccccc3)c3ccccc3)cc2)c1-c1ccc(N(c2ccccc2)c2ccccc2)cc1. The third-order valence-electron chi connectivity index (χ3n) is 15.6. The lowest BCUT2D eigenvalue weighted by Crippen LogP contribution is -2.11. The van der Waals surface area contributed by atoms with Crippen molar-refractivity contribution < 1.29 is 0 Å². The van der Waals surface area contributed by atoms with E-state index in [1.165, 1.54) is 12.4 Å². The molecule has 6 nitrogen and oxygen atoms in total. The van der Waals surface area contributed by atoms with E-state index in [-0.39, 0.29) is 0 Å². The van der Waals surface area contributed by atoms with Gasteiger partial charge in [0.25, 0.3) is 0 Å². The summed E-state index contributed by atoms with van der Waals surface area (Å²) in [6.07, 6.45) is 3.05. The highest BCUT2D eigenvalue weighted by molar-refractivity contribution is 6.15. The standard InChI is InChI=1S/C80H60N6/c81-57-75-77(59-41-49-71(50-42-59)83(63-25-9-1-10-26-63)64-27-11-2-12-28-64)78(60-43-51-72(52-44-60)84(65-29-13-3-14-30-65)66-31-15-4-16-32-66)76(58-82)80(62-47-55-74(56-48-62)86(69-37-21-7-22-38-69)70-39-23-8-24-40-70)79(75)61-45-53-73(54-46-61)85(67-33-17-5-18-34-67)68-35-19-6-20-36-68/h1-58,81-82H. The number of rotatable bonds is 18. The Morgan fingerprint density at radius 2 is 0.291 bits per heavy atom. The lowest BCUT2D eigenvalue weighted by molar-refractivity contribution is 1.28. The van der Waals surface area contributed by atoms with Crippen LogP contribution < -0.4 is 19.6 Å². The molecule has 0 aliphatic rings. The van der Waals surface area contributed by atoms with Crippen LogP contribution in [0.1, 0.15) is 11.1 Å². The molecule has 0 aliphatic carbocycles. The van der Waals surface area contributed by atoms with Gasteiger partial charge >= 0.3 is 0 Å². The van der Waals surface area contributed by atoms with Crippen LogP contribution in [-0.4, -0.2) is 12.4 Å². The first-order valence-electron chi connectivity index (χ1n) is 28.9. The molecule has 13 aromatic rings. The Bertz CT molecular complexity index is 3640. The highest BCUT2D eigenvalue weighted by Crippen LogP contribution is 2.50. The van der Waals surface area contributed by atoms with Gasteiger partial charge in [-0.25, -0.2) is 0 Å². The summed E-state index contributed by atoms with van der Waals surface area (Å²) in [6, 6.07) is 118. The van der Waals surface area contributed by atoms with Gasteiger partial charge in [-0.1, -0.05) is 194 Å². The molecule has 0 spiro atoms. The van der Waals surface area contributed by atoms with Crippen LogP contribution in [-0.2, 0) is 0 Å². The number of nitrogens with zero attached hydrogens (tertiary/aromatic N) is 4. The lowest BCUT2D eigenvalue weighted by Gasteiger charge is -2.29. The topological polar surface area (TPSA) is 60.7 Å². The summed E-state index contributed by atoms with van der Waals surface area (Å²) in [5.74, 6) is 0. The van der Waals surface area contributed by atoms with Crippen molar-refractivity contribution >= 4 is 80.7 Å². The molecule has 13 rings (SSSR count). The maximum atomic E-state index is 9.79. The Hall–Kier alpha value is -11.6. The van der Waals surface area contributed by atoms with Gasteiger partial charge in [0.2, 0.25) is 0 Å². The molecule has 0 bridgehead atoms. The fourth-order valence-corrected chi connectivity index (χ4v) is 11.8. The maximum absolute atomic E-state index is 9.79. The molecule has 0 aliphatic heterocycles. The number of benzene rings is 13. The van der Waals surface area contributed by atoms with Crippen LogP contribution in [0, 0.1) is 10.8 Å². The molecular weight excluding hydrogens is 1040 g/mol.